The first-order valence-electron chi connectivity index (χ1n) is 12.9. The number of carbonyl (C=O) groups excluding carboxylic acids is 1. The Morgan fingerprint density at radius 3 is 2.36 bits per heavy atom. The zero-order valence-electron chi connectivity index (χ0n) is 21.1. The Balaban J connectivity index is 0.00000306. The van der Waals surface area contributed by atoms with Gasteiger partial charge >= 0.3 is 5.97 Å². The van der Waals surface area contributed by atoms with Gasteiger partial charge in [-0.15, -0.1) is 0 Å². The van der Waals surface area contributed by atoms with Crippen molar-refractivity contribution in [1.82, 2.24) is 5.32 Å². The van der Waals surface area contributed by atoms with Gasteiger partial charge < -0.3 is 20.6 Å². The number of carbonyl (C=O) groups is 2. The predicted octanol–water partition coefficient (Wildman–Crippen LogP) is 3.21. The summed E-state index contributed by atoms with van der Waals surface area (Å²) in [5.74, 6) is 1.66. The van der Waals surface area contributed by atoms with E-state index in [1.54, 1.807) is 0 Å². The van der Waals surface area contributed by atoms with Crippen LogP contribution in [0, 0.1) is 46.3 Å². The molecule has 4 rings (SSSR count). The average molecular weight is 473 g/mol. The van der Waals surface area contributed by atoms with Crippen molar-refractivity contribution >= 4 is 41.4 Å². The zero-order chi connectivity index (χ0) is 23.3. The normalized spacial score (nSPS) is 45.1. The second kappa shape index (κ2) is 10.5. The van der Waals surface area contributed by atoms with Crippen molar-refractivity contribution in [2.24, 2.45) is 46.3 Å². The number of aliphatic carboxylic acids is 1. The van der Waals surface area contributed by atoms with Crippen molar-refractivity contribution in [2.75, 3.05) is 6.54 Å². The Morgan fingerprint density at radius 1 is 1.00 bits per heavy atom. The van der Waals surface area contributed by atoms with E-state index in [2.05, 4.69) is 26.1 Å². The summed E-state index contributed by atoms with van der Waals surface area (Å²) in [7, 11) is 0. The van der Waals surface area contributed by atoms with Gasteiger partial charge in [0.1, 0.15) is 6.54 Å². The molecule has 0 bridgehead atoms. The van der Waals surface area contributed by atoms with Gasteiger partial charge in [-0.2, -0.15) is 0 Å². The van der Waals surface area contributed by atoms with Gasteiger partial charge in [0, 0.05) is 36.0 Å². The predicted molar refractivity (Wildman–Crippen MR) is 127 cm³/mol. The summed E-state index contributed by atoms with van der Waals surface area (Å²) in [5.41, 5.74) is 0.451. The maximum Gasteiger partial charge on any atom is 0.322 e. The molecule has 33 heavy (non-hydrogen) atoms. The van der Waals surface area contributed by atoms with Gasteiger partial charge in [0.05, 0.1) is 12.2 Å². The molecular formula is C26H43NNaO5. The topological polar surface area (TPSA) is 107 Å². The molecule has 4 N–H and O–H groups in total. The van der Waals surface area contributed by atoms with Crippen LogP contribution in [0.1, 0.15) is 85.0 Å². The fourth-order valence-corrected chi connectivity index (χ4v) is 9.00. The number of fused-ring (bicyclic) bond motifs is 5. The molecule has 0 aromatic heterocycles. The van der Waals surface area contributed by atoms with Crippen LogP contribution in [-0.2, 0) is 9.59 Å². The van der Waals surface area contributed by atoms with Crippen LogP contribution in [0.5, 0.6) is 0 Å². The molecule has 1 amide bonds. The van der Waals surface area contributed by atoms with E-state index >= 15 is 0 Å². The van der Waals surface area contributed by atoms with E-state index in [9.17, 15) is 19.8 Å². The van der Waals surface area contributed by atoms with Gasteiger partial charge in [0.15, 0.2) is 0 Å². The zero-order valence-corrected chi connectivity index (χ0v) is 23.1. The molecular weight excluding hydrogens is 429 g/mol. The summed E-state index contributed by atoms with van der Waals surface area (Å²) in [5, 5.41) is 32.8. The molecule has 4 saturated carbocycles. The van der Waals surface area contributed by atoms with Crippen molar-refractivity contribution in [1.29, 1.82) is 0 Å². The van der Waals surface area contributed by atoms with Crippen LogP contribution in [0.25, 0.3) is 0 Å². The summed E-state index contributed by atoms with van der Waals surface area (Å²) in [4.78, 5) is 22.7. The van der Waals surface area contributed by atoms with E-state index in [0.717, 1.165) is 44.9 Å². The number of amides is 1. The number of rotatable bonds is 6. The Labute approximate surface area is 221 Å². The minimum Gasteiger partial charge on any atom is -0.480 e. The summed E-state index contributed by atoms with van der Waals surface area (Å²) in [6.45, 7) is 6.83. The molecule has 10 atom stereocenters. The molecule has 10 unspecified atom stereocenters. The van der Waals surface area contributed by atoms with Crippen LogP contribution >= 0.6 is 0 Å². The van der Waals surface area contributed by atoms with E-state index in [1.165, 1.54) is 12.8 Å². The summed E-state index contributed by atoms with van der Waals surface area (Å²) >= 11 is 0. The van der Waals surface area contributed by atoms with Gasteiger partial charge in [-0.1, -0.05) is 20.8 Å². The third-order valence-corrected chi connectivity index (χ3v) is 10.7. The number of carboxylic acids is 1. The maximum absolute atomic E-state index is 12.0. The summed E-state index contributed by atoms with van der Waals surface area (Å²) < 4.78 is 0. The number of aliphatic hydroxyl groups is 2. The van der Waals surface area contributed by atoms with Crippen LogP contribution in [0.15, 0.2) is 0 Å². The van der Waals surface area contributed by atoms with E-state index in [1.807, 2.05) is 0 Å². The van der Waals surface area contributed by atoms with E-state index in [0.29, 0.717) is 41.9 Å². The van der Waals surface area contributed by atoms with Gasteiger partial charge in [-0.25, -0.2) is 0 Å². The van der Waals surface area contributed by atoms with Gasteiger partial charge in [-0.3, -0.25) is 9.59 Å². The molecule has 0 heterocycles. The minimum absolute atomic E-state index is 0. The molecule has 183 valence electrons. The van der Waals surface area contributed by atoms with Crippen LogP contribution in [-0.4, -0.2) is 75.5 Å². The minimum atomic E-state index is -1.01. The number of carboxylic acid groups (broad SMARTS) is 1. The third-order valence-electron chi connectivity index (χ3n) is 10.7. The molecule has 4 aliphatic carbocycles. The second-order valence-corrected chi connectivity index (χ2v) is 12.1. The van der Waals surface area contributed by atoms with Gasteiger partial charge in [0.25, 0.3) is 0 Å². The Bertz CT molecular complexity index is 733. The summed E-state index contributed by atoms with van der Waals surface area (Å²) in [6, 6.07) is 0. The van der Waals surface area contributed by atoms with Crippen molar-refractivity contribution in [3.8, 4) is 0 Å². The van der Waals surface area contributed by atoms with Crippen molar-refractivity contribution < 1.29 is 24.9 Å². The molecule has 4 fully saturated rings. The fourth-order valence-electron chi connectivity index (χ4n) is 9.00. The van der Waals surface area contributed by atoms with E-state index < -0.39 is 5.97 Å². The first-order chi connectivity index (χ1) is 15.1. The van der Waals surface area contributed by atoms with Crippen LogP contribution in [0.2, 0.25) is 0 Å². The number of nitrogens with one attached hydrogen (secondary N) is 1. The molecule has 0 aromatic carbocycles. The van der Waals surface area contributed by atoms with Gasteiger partial charge in [-0.05, 0) is 104 Å². The largest absolute Gasteiger partial charge is 0.480 e. The second-order valence-electron chi connectivity index (χ2n) is 12.1. The first-order valence-corrected chi connectivity index (χ1v) is 12.9. The number of hydrogen-bond acceptors (Lipinski definition) is 4. The quantitative estimate of drug-likeness (QED) is 0.444. The molecule has 0 saturated heterocycles. The fraction of sp³-hybridized carbons (Fsp3) is 0.923. The van der Waals surface area contributed by atoms with E-state index in [-0.39, 0.29) is 65.0 Å². The molecule has 0 aromatic rings. The third kappa shape index (κ3) is 5.07. The van der Waals surface area contributed by atoms with E-state index in [4.69, 9.17) is 5.11 Å². The van der Waals surface area contributed by atoms with Crippen molar-refractivity contribution in [3.05, 3.63) is 0 Å². The number of aliphatic hydroxyl groups excluding tert-OH is 2. The molecule has 4 aliphatic rings. The molecule has 0 spiro atoms. The Morgan fingerprint density at radius 2 is 1.67 bits per heavy atom. The Kier molecular flexibility index (Phi) is 8.70. The molecule has 0 aliphatic heterocycles. The van der Waals surface area contributed by atoms with Gasteiger partial charge in [0.2, 0.25) is 5.91 Å². The van der Waals surface area contributed by atoms with Crippen molar-refractivity contribution in [3.63, 3.8) is 0 Å². The SMILES string of the molecule is CC(CCC(=O)NCC(=O)O)C1CCC2C3C(O)CC4CC(O)CCC4(C)C3CCC12C.[Na]. The monoisotopic (exact) mass is 472 g/mol. The first kappa shape index (κ1) is 27.4. The van der Waals surface area contributed by atoms with Crippen LogP contribution < -0.4 is 5.32 Å². The maximum atomic E-state index is 12.0. The Hall–Kier alpha value is -0.140. The molecule has 7 heteroatoms. The average Bonchev–Trinajstić information content (AvgIpc) is 3.09. The molecule has 6 nitrogen and oxygen atoms in total. The van der Waals surface area contributed by atoms with Crippen LogP contribution in [0.4, 0.5) is 0 Å². The van der Waals surface area contributed by atoms with Crippen molar-refractivity contribution in [2.45, 2.75) is 97.2 Å². The summed E-state index contributed by atoms with van der Waals surface area (Å²) in [6.07, 6.45) is 9.06. The number of hydrogen-bond donors (Lipinski definition) is 4. The van der Waals surface area contributed by atoms with Crippen LogP contribution in [0.3, 0.4) is 0 Å². The standard InChI is InChI=1S/C26H43NO5.Na/c1-15(4-7-22(30)27-14-23(31)32)18-5-6-19-24-20(9-11-26(18,19)3)25(2)10-8-17(28)12-16(25)13-21(24)29;/h15-21,24,28-29H,4-14H2,1-3H3,(H,27,30)(H,31,32);. The smallest absolute Gasteiger partial charge is 0.322 e. The molecule has 1 radical (unpaired) electrons.